The Morgan fingerprint density at radius 1 is 0.848 bits per heavy atom. The van der Waals surface area contributed by atoms with Crippen molar-refractivity contribution in [3.05, 3.63) is 71.6 Å². The first-order chi connectivity index (χ1) is 15.7. The zero-order valence-corrected chi connectivity index (χ0v) is 18.4. The molecular weight excluding hydrogens is 438 g/mol. The number of fused-ring (bicyclic) bond motifs is 1. The molecule has 0 amide bonds. The van der Waals surface area contributed by atoms with Crippen molar-refractivity contribution in [2.45, 2.75) is 63.5 Å². The molecule has 0 radical (unpaired) electrons. The Bertz CT molecular complexity index is 985. The Balaban J connectivity index is 1.49. The second-order valence-corrected chi connectivity index (χ2v) is 9.63. The fourth-order valence-corrected chi connectivity index (χ4v) is 5.92. The fraction of sp³-hybridized carbons (Fsp3) is 0.481. The summed E-state index contributed by atoms with van der Waals surface area (Å²) in [6, 6.07) is 5.63. The van der Waals surface area contributed by atoms with Crippen LogP contribution in [0.4, 0.5) is 26.3 Å². The van der Waals surface area contributed by atoms with Gasteiger partial charge in [-0.25, -0.2) is 13.2 Å². The lowest BCUT2D eigenvalue weighted by molar-refractivity contribution is -0.142. The maximum absolute atomic E-state index is 14.9. The third-order valence-electron chi connectivity index (χ3n) is 7.60. The van der Waals surface area contributed by atoms with Crippen molar-refractivity contribution in [1.29, 1.82) is 0 Å². The van der Waals surface area contributed by atoms with Gasteiger partial charge in [0.2, 0.25) is 0 Å². The van der Waals surface area contributed by atoms with Gasteiger partial charge in [0.15, 0.2) is 0 Å². The van der Waals surface area contributed by atoms with E-state index < -0.39 is 29.2 Å². The van der Waals surface area contributed by atoms with Gasteiger partial charge in [-0.1, -0.05) is 24.6 Å². The van der Waals surface area contributed by atoms with Crippen molar-refractivity contribution in [3.8, 4) is 11.1 Å². The lowest BCUT2D eigenvalue weighted by Gasteiger charge is -2.42. The monoisotopic (exact) mass is 466 g/mol. The van der Waals surface area contributed by atoms with Gasteiger partial charge in [0.25, 0.3) is 0 Å². The van der Waals surface area contributed by atoms with Gasteiger partial charge in [0.1, 0.15) is 23.0 Å². The molecule has 4 atom stereocenters. The van der Waals surface area contributed by atoms with Crippen LogP contribution in [0.1, 0.15) is 68.4 Å². The second-order valence-electron chi connectivity index (χ2n) is 9.63. The number of allylic oxidation sites excluding steroid dienone is 1. The molecule has 0 spiro atoms. The lowest BCUT2D eigenvalue weighted by Crippen LogP contribution is -2.30. The molecule has 4 unspecified atom stereocenters. The standard InChI is InChI=1S/C27H28F6/c1-2-3-4-16-5-6-18-12-19(8-7-17(18)11-16)20-9-10-22(23(28)13-20)21-14-24(29)26(25(30)15-21)27(31,32)33/h2,9-10,13-19H,1,3-8,11-12H2. The second kappa shape index (κ2) is 9.55. The van der Waals surface area contributed by atoms with E-state index in [-0.39, 0.29) is 17.0 Å². The molecule has 6 heteroatoms. The van der Waals surface area contributed by atoms with E-state index in [1.165, 1.54) is 37.8 Å². The van der Waals surface area contributed by atoms with Crippen LogP contribution < -0.4 is 0 Å². The lowest BCUT2D eigenvalue weighted by atomic mass is 9.63. The van der Waals surface area contributed by atoms with E-state index in [0.717, 1.165) is 37.2 Å². The van der Waals surface area contributed by atoms with Crippen LogP contribution in [0.3, 0.4) is 0 Å². The number of benzene rings is 2. The summed E-state index contributed by atoms with van der Waals surface area (Å²) in [5.74, 6) is -1.84. The summed E-state index contributed by atoms with van der Waals surface area (Å²) in [5.41, 5.74) is -1.47. The third kappa shape index (κ3) is 5.15. The highest BCUT2D eigenvalue weighted by Gasteiger charge is 2.38. The van der Waals surface area contributed by atoms with Gasteiger partial charge in [-0.3, -0.25) is 0 Å². The summed E-state index contributed by atoms with van der Waals surface area (Å²) in [6.07, 6.45) is 5.83. The summed E-state index contributed by atoms with van der Waals surface area (Å²) in [6.45, 7) is 3.81. The molecule has 0 saturated heterocycles. The minimum atomic E-state index is -5.15. The highest BCUT2D eigenvalue weighted by atomic mass is 19.4. The molecule has 2 fully saturated rings. The van der Waals surface area contributed by atoms with Gasteiger partial charge < -0.3 is 0 Å². The molecule has 2 aromatic carbocycles. The largest absolute Gasteiger partial charge is 0.422 e. The predicted molar refractivity (Wildman–Crippen MR) is 117 cm³/mol. The summed E-state index contributed by atoms with van der Waals surface area (Å²) in [7, 11) is 0. The average molecular weight is 467 g/mol. The minimum Gasteiger partial charge on any atom is -0.206 e. The highest BCUT2D eigenvalue weighted by molar-refractivity contribution is 5.65. The first-order valence-electron chi connectivity index (χ1n) is 11.6. The zero-order chi connectivity index (χ0) is 23.8. The van der Waals surface area contributed by atoms with Crippen LogP contribution in [0.15, 0.2) is 43.0 Å². The molecule has 2 aliphatic rings. The molecule has 2 aliphatic carbocycles. The number of rotatable bonds is 5. The Kier molecular flexibility index (Phi) is 6.92. The van der Waals surface area contributed by atoms with Gasteiger partial charge >= 0.3 is 6.18 Å². The van der Waals surface area contributed by atoms with E-state index in [0.29, 0.717) is 24.0 Å². The SMILES string of the molecule is C=CCCC1CCC2CC(c3ccc(-c4cc(F)c(C(F)(F)F)c(F)c4)c(F)c3)CCC2C1. The molecule has 0 aliphatic heterocycles. The maximum atomic E-state index is 14.9. The summed E-state index contributed by atoms with van der Waals surface area (Å²) in [5, 5.41) is 0. The molecule has 0 nitrogen and oxygen atoms in total. The molecular formula is C27H28F6. The molecule has 0 bridgehead atoms. The van der Waals surface area contributed by atoms with E-state index in [4.69, 9.17) is 0 Å². The molecule has 0 heterocycles. The Morgan fingerprint density at radius 3 is 2.15 bits per heavy atom. The summed E-state index contributed by atoms with van der Waals surface area (Å²) >= 11 is 0. The van der Waals surface area contributed by atoms with Crippen molar-refractivity contribution in [2.24, 2.45) is 17.8 Å². The normalized spacial score (nSPS) is 25.5. The molecule has 2 saturated carbocycles. The smallest absolute Gasteiger partial charge is 0.206 e. The van der Waals surface area contributed by atoms with Crippen LogP contribution in [-0.2, 0) is 6.18 Å². The topological polar surface area (TPSA) is 0 Å². The van der Waals surface area contributed by atoms with Crippen LogP contribution >= 0.6 is 0 Å². The predicted octanol–water partition coefficient (Wildman–Crippen LogP) is 9.06. The molecule has 0 N–H and O–H groups in total. The van der Waals surface area contributed by atoms with E-state index in [9.17, 15) is 26.3 Å². The van der Waals surface area contributed by atoms with Gasteiger partial charge in [-0.2, -0.15) is 13.2 Å². The Labute approximate surface area is 190 Å². The highest BCUT2D eigenvalue weighted by Crippen LogP contribution is 2.48. The molecule has 4 rings (SSSR count). The van der Waals surface area contributed by atoms with E-state index >= 15 is 0 Å². The first kappa shape index (κ1) is 23.9. The van der Waals surface area contributed by atoms with Crippen LogP contribution in [0.5, 0.6) is 0 Å². The number of alkyl halides is 3. The van der Waals surface area contributed by atoms with E-state index in [2.05, 4.69) is 6.58 Å². The van der Waals surface area contributed by atoms with Crippen molar-refractivity contribution >= 4 is 0 Å². The zero-order valence-electron chi connectivity index (χ0n) is 18.4. The molecule has 0 aromatic heterocycles. The fourth-order valence-electron chi connectivity index (χ4n) is 5.92. The van der Waals surface area contributed by atoms with Gasteiger partial charge in [0, 0.05) is 5.56 Å². The Morgan fingerprint density at radius 2 is 1.52 bits per heavy atom. The van der Waals surface area contributed by atoms with Gasteiger partial charge in [0.05, 0.1) is 0 Å². The van der Waals surface area contributed by atoms with Crippen molar-refractivity contribution in [3.63, 3.8) is 0 Å². The third-order valence-corrected chi connectivity index (χ3v) is 7.60. The number of halogens is 6. The van der Waals surface area contributed by atoms with Crippen LogP contribution in [0.25, 0.3) is 11.1 Å². The molecule has 33 heavy (non-hydrogen) atoms. The van der Waals surface area contributed by atoms with E-state index in [1.54, 1.807) is 6.07 Å². The van der Waals surface area contributed by atoms with E-state index in [1.807, 2.05) is 6.08 Å². The van der Waals surface area contributed by atoms with Crippen LogP contribution in [0, 0.1) is 35.2 Å². The number of hydrogen-bond acceptors (Lipinski definition) is 0. The molecule has 2 aromatic rings. The summed E-state index contributed by atoms with van der Waals surface area (Å²) < 4.78 is 81.3. The molecule has 178 valence electrons. The van der Waals surface area contributed by atoms with Gasteiger partial charge in [-0.15, -0.1) is 6.58 Å². The van der Waals surface area contributed by atoms with Crippen molar-refractivity contribution < 1.29 is 26.3 Å². The number of hydrogen-bond donors (Lipinski definition) is 0. The van der Waals surface area contributed by atoms with Gasteiger partial charge in [-0.05, 0) is 97.9 Å². The average Bonchev–Trinajstić information content (AvgIpc) is 2.75. The maximum Gasteiger partial charge on any atom is 0.422 e. The first-order valence-corrected chi connectivity index (χ1v) is 11.6. The minimum absolute atomic E-state index is 0.110. The quantitative estimate of drug-likeness (QED) is 0.305. The van der Waals surface area contributed by atoms with Crippen molar-refractivity contribution in [2.75, 3.05) is 0 Å². The van der Waals surface area contributed by atoms with Crippen LogP contribution in [-0.4, -0.2) is 0 Å². The van der Waals surface area contributed by atoms with Crippen molar-refractivity contribution in [1.82, 2.24) is 0 Å². The van der Waals surface area contributed by atoms with Crippen LogP contribution in [0.2, 0.25) is 0 Å². The Hall–Kier alpha value is -2.24. The summed E-state index contributed by atoms with van der Waals surface area (Å²) in [4.78, 5) is 0.